The van der Waals surface area contributed by atoms with Gasteiger partial charge in [-0.2, -0.15) is 0 Å². The molecule has 1 aliphatic rings. The van der Waals surface area contributed by atoms with E-state index in [9.17, 15) is 4.79 Å². The van der Waals surface area contributed by atoms with Crippen molar-refractivity contribution >= 4 is 22.4 Å². The van der Waals surface area contributed by atoms with Gasteiger partial charge in [-0.05, 0) is 30.7 Å². The van der Waals surface area contributed by atoms with Crippen molar-refractivity contribution in [3.8, 4) is 17.0 Å². The van der Waals surface area contributed by atoms with Gasteiger partial charge in [0.15, 0.2) is 5.13 Å². The first-order chi connectivity index (χ1) is 13.2. The Morgan fingerprint density at radius 1 is 1.30 bits per heavy atom. The first-order valence-corrected chi connectivity index (χ1v) is 10.3. The van der Waals surface area contributed by atoms with Crippen LogP contribution in [0.4, 0.5) is 5.13 Å². The quantitative estimate of drug-likeness (QED) is 0.693. The lowest BCUT2D eigenvalue weighted by atomic mass is 10.2. The molecule has 146 valence electrons. The summed E-state index contributed by atoms with van der Waals surface area (Å²) < 4.78 is 10.6. The number of carbonyl (C=O) groups is 1. The molecule has 0 saturated carbocycles. The van der Waals surface area contributed by atoms with Crippen LogP contribution in [0.15, 0.2) is 29.6 Å². The summed E-state index contributed by atoms with van der Waals surface area (Å²) in [5, 5.41) is 2.78. The van der Waals surface area contributed by atoms with Gasteiger partial charge in [-0.1, -0.05) is 6.92 Å². The van der Waals surface area contributed by atoms with Crippen LogP contribution in [0.1, 0.15) is 19.8 Å². The van der Waals surface area contributed by atoms with Crippen LogP contribution in [0.25, 0.3) is 11.3 Å². The zero-order valence-electron chi connectivity index (χ0n) is 16.0. The van der Waals surface area contributed by atoms with Crippen LogP contribution in [0, 0.1) is 0 Å². The van der Waals surface area contributed by atoms with Crippen LogP contribution in [-0.2, 0) is 9.53 Å². The van der Waals surface area contributed by atoms with E-state index in [0.717, 1.165) is 61.4 Å². The predicted molar refractivity (Wildman–Crippen MR) is 109 cm³/mol. The minimum atomic E-state index is 0.118. The van der Waals surface area contributed by atoms with E-state index in [1.54, 1.807) is 7.11 Å². The fourth-order valence-corrected chi connectivity index (χ4v) is 3.95. The molecule has 2 heterocycles. The Balaban J connectivity index is 1.65. The standard InChI is InChI=1S/C20H27N3O3S/c1-3-19(24)23(10-4-9-22-11-13-26-14-12-22)20-21-18(15-27-20)16-5-7-17(25-2)8-6-16/h5-8,15H,3-4,9-14H2,1-2H3. The average Bonchev–Trinajstić information content (AvgIpc) is 3.21. The Labute approximate surface area is 164 Å². The molecule has 1 aromatic carbocycles. The van der Waals surface area contributed by atoms with Gasteiger partial charge in [-0.15, -0.1) is 11.3 Å². The summed E-state index contributed by atoms with van der Waals surface area (Å²) >= 11 is 1.52. The van der Waals surface area contributed by atoms with Gasteiger partial charge >= 0.3 is 0 Å². The van der Waals surface area contributed by atoms with Gasteiger partial charge in [0.1, 0.15) is 5.75 Å². The third-order valence-corrected chi connectivity index (χ3v) is 5.54. The Bertz CT molecular complexity index is 726. The van der Waals surface area contributed by atoms with Crippen molar-refractivity contribution in [2.75, 3.05) is 51.4 Å². The van der Waals surface area contributed by atoms with Crippen LogP contribution in [0.3, 0.4) is 0 Å². The molecule has 7 heteroatoms. The molecule has 0 radical (unpaired) electrons. The number of methoxy groups -OCH3 is 1. The Morgan fingerprint density at radius 2 is 2.04 bits per heavy atom. The molecule has 1 amide bonds. The maximum atomic E-state index is 12.5. The second kappa shape index (κ2) is 9.82. The lowest BCUT2D eigenvalue weighted by Gasteiger charge is -2.27. The minimum Gasteiger partial charge on any atom is -0.497 e. The minimum absolute atomic E-state index is 0.118. The number of carbonyl (C=O) groups excluding carboxylic acids is 1. The fourth-order valence-electron chi connectivity index (χ4n) is 3.08. The van der Waals surface area contributed by atoms with Gasteiger partial charge in [0.25, 0.3) is 0 Å². The number of benzene rings is 1. The highest BCUT2D eigenvalue weighted by Crippen LogP contribution is 2.29. The molecule has 0 bridgehead atoms. The molecular formula is C20H27N3O3S. The Morgan fingerprint density at radius 3 is 2.70 bits per heavy atom. The van der Waals surface area contributed by atoms with E-state index in [0.29, 0.717) is 13.0 Å². The Hall–Kier alpha value is -1.96. The Kier molecular flexibility index (Phi) is 7.20. The molecular weight excluding hydrogens is 362 g/mol. The molecule has 0 spiro atoms. The molecule has 6 nitrogen and oxygen atoms in total. The number of hydrogen-bond acceptors (Lipinski definition) is 6. The van der Waals surface area contributed by atoms with Gasteiger partial charge in [0, 0.05) is 43.5 Å². The van der Waals surface area contributed by atoms with Gasteiger partial charge in [-0.3, -0.25) is 14.6 Å². The second-order valence-corrected chi connectivity index (χ2v) is 7.29. The summed E-state index contributed by atoms with van der Waals surface area (Å²) in [6.07, 6.45) is 1.41. The van der Waals surface area contributed by atoms with Gasteiger partial charge in [0.05, 0.1) is 26.0 Å². The normalized spacial score (nSPS) is 14.9. The van der Waals surface area contributed by atoms with E-state index in [-0.39, 0.29) is 5.91 Å². The number of amides is 1. The van der Waals surface area contributed by atoms with Crippen molar-refractivity contribution in [3.63, 3.8) is 0 Å². The summed E-state index contributed by atoms with van der Waals surface area (Å²) in [5.74, 6) is 0.938. The van der Waals surface area contributed by atoms with Crippen molar-refractivity contribution in [3.05, 3.63) is 29.6 Å². The van der Waals surface area contributed by atoms with Crippen molar-refractivity contribution in [1.29, 1.82) is 0 Å². The van der Waals surface area contributed by atoms with E-state index >= 15 is 0 Å². The molecule has 1 aliphatic heterocycles. The largest absolute Gasteiger partial charge is 0.497 e. The smallest absolute Gasteiger partial charge is 0.228 e. The number of thiazole rings is 1. The highest BCUT2D eigenvalue weighted by atomic mass is 32.1. The molecule has 0 atom stereocenters. The van der Waals surface area contributed by atoms with E-state index in [2.05, 4.69) is 4.90 Å². The lowest BCUT2D eigenvalue weighted by Crippen LogP contribution is -2.39. The number of rotatable bonds is 8. The first-order valence-electron chi connectivity index (χ1n) is 9.41. The molecule has 0 unspecified atom stereocenters. The number of morpholine rings is 1. The van der Waals surface area contributed by atoms with Gasteiger partial charge < -0.3 is 9.47 Å². The summed E-state index contributed by atoms with van der Waals surface area (Å²) in [7, 11) is 1.65. The zero-order valence-corrected chi connectivity index (χ0v) is 16.8. The number of hydrogen-bond donors (Lipinski definition) is 0. The molecule has 1 aromatic heterocycles. The van der Waals surface area contributed by atoms with E-state index in [1.165, 1.54) is 11.3 Å². The zero-order chi connectivity index (χ0) is 19.1. The third-order valence-electron chi connectivity index (χ3n) is 4.67. The van der Waals surface area contributed by atoms with Crippen LogP contribution >= 0.6 is 11.3 Å². The van der Waals surface area contributed by atoms with Crippen LogP contribution in [0.2, 0.25) is 0 Å². The molecule has 1 saturated heterocycles. The monoisotopic (exact) mass is 389 g/mol. The van der Waals surface area contributed by atoms with Crippen LogP contribution < -0.4 is 9.64 Å². The molecule has 0 N–H and O–H groups in total. The molecule has 27 heavy (non-hydrogen) atoms. The maximum absolute atomic E-state index is 12.5. The predicted octanol–water partition coefficient (Wildman–Crippen LogP) is 3.28. The third kappa shape index (κ3) is 5.28. The molecule has 0 aliphatic carbocycles. The lowest BCUT2D eigenvalue weighted by molar-refractivity contribution is -0.118. The maximum Gasteiger partial charge on any atom is 0.228 e. The number of ether oxygens (including phenoxy) is 2. The van der Waals surface area contributed by atoms with E-state index in [1.807, 2.05) is 41.5 Å². The first kappa shape index (κ1) is 19.8. The molecule has 3 rings (SSSR count). The molecule has 2 aromatic rings. The fraction of sp³-hybridized carbons (Fsp3) is 0.500. The summed E-state index contributed by atoms with van der Waals surface area (Å²) in [6, 6.07) is 7.82. The van der Waals surface area contributed by atoms with Crippen molar-refractivity contribution in [2.24, 2.45) is 0 Å². The summed E-state index contributed by atoms with van der Waals surface area (Å²) in [4.78, 5) is 21.4. The average molecular weight is 390 g/mol. The SMILES string of the molecule is CCC(=O)N(CCCN1CCOCC1)c1nc(-c2ccc(OC)cc2)cs1. The number of nitrogens with zero attached hydrogens (tertiary/aromatic N) is 3. The highest BCUT2D eigenvalue weighted by Gasteiger charge is 2.19. The number of anilines is 1. The van der Waals surface area contributed by atoms with Crippen LogP contribution in [-0.4, -0.2) is 62.3 Å². The van der Waals surface area contributed by atoms with Crippen molar-refractivity contribution < 1.29 is 14.3 Å². The number of aromatic nitrogens is 1. The second-order valence-electron chi connectivity index (χ2n) is 6.45. The van der Waals surface area contributed by atoms with E-state index < -0.39 is 0 Å². The summed E-state index contributed by atoms with van der Waals surface area (Å²) in [6.45, 7) is 7.12. The van der Waals surface area contributed by atoms with Crippen molar-refractivity contribution in [2.45, 2.75) is 19.8 Å². The summed E-state index contributed by atoms with van der Waals surface area (Å²) in [5.41, 5.74) is 1.91. The van der Waals surface area contributed by atoms with E-state index in [4.69, 9.17) is 14.5 Å². The van der Waals surface area contributed by atoms with Gasteiger partial charge in [0.2, 0.25) is 5.91 Å². The highest BCUT2D eigenvalue weighted by molar-refractivity contribution is 7.14. The topological polar surface area (TPSA) is 54.9 Å². The van der Waals surface area contributed by atoms with Gasteiger partial charge in [-0.25, -0.2) is 4.98 Å². The van der Waals surface area contributed by atoms with Crippen molar-refractivity contribution in [1.82, 2.24) is 9.88 Å². The molecule has 1 fully saturated rings. The van der Waals surface area contributed by atoms with Crippen LogP contribution in [0.5, 0.6) is 5.75 Å².